The maximum Gasteiger partial charge on any atom is 0.0669 e. The third-order valence-corrected chi connectivity index (χ3v) is 14.4. The number of allylic oxidation sites excluding steroid dienone is 12. The van der Waals surface area contributed by atoms with E-state index in [1.807, 2.05) is 11.1 Å². The van der Waals surface area contributed by atoms with Gasteiger partial charge in [0.15, 0.2) is 0 Å². The van der Waals surface area contributed by atoms with Crippen molar-refractivity contribution in [2.75, 3.05) is 0 Å². The monoisotopic (exact) mass is 701 g/mol. The van der Waals surface area contributed by atoms with Crippen LogP contribution in [0, 0.1) is 17.8 Å². The molecular formula is C53H51N. The Morgan fingerprint density at radius 3 is 2.43 bits per heavy atom. The first-order chi connectivity index (χ1) is 26.8. The minimum atomic E-state index is -0.201. The number of aromatic nitrogens is 1. The number of benzene rings is 4. The Hall–Kier alpha value is -4.88. The third-order valence-electron chi connectivity index (χ3n) is 14.4. The number of hydrogen-bond acceptors (Lipinski definition) is 0. The number of rotatable bonds is 4. The van der Waals surface area contributed by atoms with Crippen LogP contribution in [0.5, 0.6) is 0 Å². The molecule has 1 nitrogen and oxygen atoms in total. The van der Waals surface area contributed by atoms with Crippen LogP contribution in [0.15, 0.2) is 161 Å². The van der Waals surface area contributed by atoms with E-state index in [-0.39, 0.29) is 5.41 Å². The number of hydrogen-bond donors (Lipinski definition) is 0. The maximum atomic E-state index is 2.76. The fraction of sp³-hybridized carbons (Fsp3) is 0.321. The van der Waals surface area contributed by atoms with E-state index < -0.39 is 0 Å². The molecule has 0 radical (unpaired) electrons. The van der Waals surface area contributed by atoms with Gasteiger partial charge in [0.1, 0.15) is 0 Å². The number of fused-ring (bicyclic) bond motifs is 9. The Kier molecular flexibility index (Phi) is 7.75. The summed E-state index contributed by atoms with van der Waals surface area (Å²) in [7, 11) is 0. The fourth-order valence-corrected chi connectivity index (χ4v) is 12.3. The van der Waals surface area contributed by atoms with E-state index >= 15 is 0 Å². The molecule has 4 atom stereocenters. The molecule has 0 aliphatic heterocycles. The first kappa shape index (κ1) is 32.5. The molecule has 0 amide bonds. The van der Waals surface area contributed by atoms with Crippen LogP contribution in [0.4, 0.5) is 0 Å². The second-order valence-corrected chi connectivity index (χ2v) is 17.0. The molecule has 1 aromatic heterocycles. The summed E-state index contributed by atoms with van der Waals surface area (Å²) >= 11 is 0. The molecule has 54 heavy (non-hydrogen) atoms. The van der Waals surface area contributed by atoms with Gasteiger partial charge in [-0.15, -0.1) is 0 Å². The summed E-state index contributed by atoms with van der Waals surface area (Å²) in [5.41, 5.74) is 20.0. The van der Waals surface area contributed by atoms with Crippen LogP contribution >= 0.6 is 0 Å². The standard InChI is InChI=1S/C53H51N/c1-2-41-43-30-28-37(36-29-31-51-46(33-36)44-22-11-14-27-50(44)54(51)40-20-7-4-8-21-40)34-49(43)53(52-42(23-15-24-45(41)52)35-16-5-3-6-17-35)47-25-12-9-18-38(47)32-39-19-10-13-26-48(39)53/h4-5,7-9,11-12,14,16,18-22,25-27,29,31,33-35,41-42H,2-3,6,10,13,15,17,23-24,28,30,32H2,1H3. The first-order valence-corrected chi connectivity index (χ1v) is 21.2. The van der Waals surface area contributed by atoms with Gasteiger partial charge in [0.2, 0.25) is 0 Å². The van der Waals surface area contributed by atoms with Crippen molar-refractivity contribution in [3.05, 3.63) is 178 Å². The molecule has 4 aromatic carbocycles. The molecular weight excluding hydrogens is 651 g/mol. The topological polar surface area (TPSA) is 4.93 Å². The quantitative estimate of drug-likeness (QED) is 0.164. The Morgan fingerprint density at radius 2 is 1.54 bits per heavy atom. The summed E-state index contributed by atoms with van der Waals surface area (Å²) in [6.45, 7) is 2.48. The highest BCUT2D eigenvalue weighted by molar-refractivity contribution is 6.10. The molecule has 4 unspecified atom stereocenters. The van der Waals surface area contributed by atoms with Crippen LogP contribution in [0.2, 0.25) is 0 Å². The lowest BCUT2D eigenvalue weighted by Crippen LogP contribution is -2.48. The van der Waals surface area contributed by atoms with Crippen molar-refractivity contribution in [1.29, 1.82) is 0 Å². The van der Waals surface area contributed by atoms with E-state index in [4.69, 9.17) is 0 Å². The molecule has 0 saturated heterocycles. The average Bonchev–Trinajstić information content (AvgIpc) is 3.57. The zero-order valence-corrected chi connectivity index (χ0v) is 31.8. The molecule has 0 saturated carbocycles. The molecule has 0 fully saturated rings. The molecule has 1 heterocycles. The summed E-state index contributed by atoms with van der Waals surface area (Å²) in [6, 6.07) is 36.9. The lowest BCUT2D eigenvalue weighted by Gasteiger charge is -2.56. The molecule has 0 bridgehead atoms. The molecule has 1 heteroatoms. The van der Waals surface area contributed by atoms with Crippen LogP contribution in [0.25, 0.3) is 33.1 Å². The normalized spacial score (nSPS) is 26.2. The first-order valence-electron chi connectivity index (χ1n) is 21.2. The molecule has 1 spiro atoms. The lowest BCUT2D eigenvalue weighted by molar-refractivity contribution is 0.313. The Balaban J connectivity index is 1.17. The van der Waals surface area contributed by atoms with Crippen molar-refractivity contribution in [2.45, 2.75) is 89.4 Å². The number of nitrogens with zero attached hydrogens (tertiary/aromatic N) is 1. The average molecular weight is 702 g/mol. The van der Waals surface area contributed by atoms with Crippen LogP contribution in [0.1, 0.15) is 94.2 Å². The zero-order valence-electron chi connectivity index (χ0n) is 31.8. The third kappa shape index (κ3) is 4.69. The predicted octanol–water partition coefficient (Wildman–Crippen LogP) is 13.9. The molecule has 268 valence electrons. The van der Waals surface area contributed by atoms with Gasteiger partial charge in [-0.25, -0.2) is 0 Å². The summed E-state index contributed by atoms with van der Waals surface area (Å²) in [6.07, 6.45) is 28.0. The van der Waals surface area contributed by atoms with Gasteiger partial charge in [0.05, 0.1) is 16.4 Å². The maximum absolute atomic E-state index is 2.76. The van der Waals surface area contributed by atoms with Gasteiger partial charge < -0.3 is 4.57 Å². The largest absolute Gasteiger partial charge is 0.309 e. The van der Waals surface area contributed by atoms with Gasteiger partial charge in [0, 0.05) is 22.4 Å². The van der Waals surface area contributed by atoms with Gasteiger partial charge in [-0.1, -0.05) is 115 Å². The Labute approximate surface area is 321 Å². The smallest absolute Gasteiger partial charge is 0.0669 e. The fourth-order valence-electron chi connectivity index (χ4n) is 12.3. The van der Waals surface area contributed by atoms with Crippen molar-refractivity contribution in [1.82, 2.24) is 4.57 Å². The summed E-state index contributed by atoms with van der Waals surface area (Å²) in [5, 5.41) is 2.68. The predicted molar refractivity (Wildman–Crippen MR) is 227 cm³/mol. The summed E-state index contributed by atoms with van der Waals surface area (Å²) in [4.78, 5) is 0. The second kappa shape index (κ2) is 12.9. The lowest BCUT2D eigenvalue weighted by atomic mass is 9.46. The van der Waals surface area contributed by atoms with Gasteiger partial charge in [-0.05, 0) is 164 Å². The Bertz CT molecular complexity index is 2520. The van der Waals surface area contributed by atoms with Crippen molar-refractivity contribution in [2.24, 2.45) is 17.8 Å². The van der Waals surface area contributed by atoms with Gasteiger partial charge in [-0.2, -0.15) is 0 Å². The number of para-hydroxylation sites is 2. The molecule has 0 N–H and O–H groups in total. The summed E-state index contributed by atoms with van der Waals surface area (Å²) < 4.78 is 2.45. The minimum Gasteiger partial charge on any atom is -0.309 e. The highest BCUT2D eigenvalue weighted by Gasteiger charge is 2.56. The second-order valence-electron chi connectivity index (χ2n) is 17.0. The van der Waals surface area contributed by atoms with Crippen molar-refractivity contribution in [3.63, 3.8) is 0 Å². The van der Waals surface area contributed by atoms with Gasteiger partial charge >= 0.3 is 0 Å². The Morgan fingerprint density at radius 1 is 0.704 bits per heavy atom. The summed E-state index contributed by atoms with van der Waals surface area (Å²) in [5.74, 6) is 1.80. The van der Waals surface area contributed by atoms with Gasteiger partial charge in [-0.3, -0.25) is 0 Å². The molecule has 6 aliphatic rings. The van der Waals surface area contributed by atoms with Crippen molar-refractivity contribution < 1.29 is 0 Å². The van der Waals surface area contributed by atoms with Crippen LogP contribution in [-0.4, -0.2) is 4.57 Å². The van der Waals surface area contributed by atoms with Crippen LogP contribution in [-0.2, 0) is 11.8 Å². The SMILES string of the molecule is CCC1C2=C(C=C(c3ccc4c(c3)c3ccccc3n4-c3ccccc3)CC2)C2(C3=CCCC=C3Cc3ccccc32)C2=C1CCCC2C1C=CCCC1. The minimum absolute atomic E-state index is 0.201. The van der Waals surface area contributed by atoms with E-state index in [2.05, 4.69) is 139 Å². The van der Waals surface area contributed by atoms with Crippen LogP contribution < -0.4 is 0 Å². The molecule has 5 aromatic rings. The van der Waals surface area contributed by atoms with Gasteiger partial charge in [0.25, 0.3) is 0 Å². The van der Waals surface area contributed by atoms with E-state index in [0.717, 1.165) is 25.7 Å². The van der Waals surface area contributed by atoms with E-state index in [1.54, 1.807) is 33.4 Å². The van der Waals surface area contributed by atoms with Crippen LogP contribution in [0.3, 0.4) is 0 Å². The van der Waals surface area contributed by atoms with E-state index in [9.17, 15) is 0 Å². The van der Waals surface area contributed by atoms with Crippen molar-refractivity contribution >= 4 is 27.4 Å². The molecule has 6 aliphatic carbocycles. The van der Waals surface area contributed by atoms with Crippen molar-refractivity contribution in [3.8, 4) is 5.69 Å². The van der Waals surface area contributed by atoms with E-state index in [1.165, 1.54) is 90.0 Å². The van der Waals surface area contributed by atoms with E-state index in [0.29, 0.717) is 17.8 Å². The molecule has 11 rings (SSSR count). The zero-order chi connectivity index (χ0) is 35.8. The highest BCUT2D eigenvalue weighted by Crippen LogP contribution is 2.66. The highest BCUT2D eigenvalue weighted by atomic mass is 15.0.